The van der Waals surface area contributed by atoms with Gasteiger partial charge in [-0.2, -0.15) is 0 Å². The van der Waals surface area contributed by atoms with Crippen LogP contribution in [-0.2, 0) is 21.0 Å². The number of ether oxygens (including phenoxy) is 2. The molecule has 0 saturated carbocycles. The lowest BCUT2D eigenvalue weighted by molar-refractivity contribution is 0.127. The Morgan fingerprint density at radius 2 is 2.05 bits per heavy atom. The molecule has 1 atom stereocenters. The molecule has 0 radical (unpaired) electrons. The van der Waals surface area contributed by atoms with Crippen LogP contribution in [0.5, 0.6) is 5.75 Å². The Bertz CT molecular complexity index is 521. The summed E-state index contributed by atoms with van der Waals surface area (Å²) in [6.07, 6.45) is 2.48. The Kier molecular flexibility index (Phi) is 6.02. The SMILES string of the molecule is NCCc1ccc(OCCS(=O)(=O)CC2CCCO2)cc1. The zero-order chi connectivity index (χ0) is 15.1. The van der Waals surface area contributed by atoms with Crippen LogP contribution in [0.15, 0.2) is 24.3 Å². The van der Waals surface area contributed by atoms with Gasteiger partial charge in [-0.25, -0.2) is 8.42 Å². The maximum Gasteiger partial charge on any atom is 0.156 e. The van der Waals surface area contributed by atoms with Crippen molar-refractivity contribution in [3.05, 3.63) is 29.8 Å². The fourth-order valence-corrected chi connectivity index (χ4v) is 3.68. The molecule has 0 amide bonds. The van der Waals surface area contributed by atoms with Gasteiger partial charge in [-0.3, -0.25) is 0 Å². The molecule has 1 unspecified atom stereocenters. The highest BCUT2D eigenvalue weighted by atomic mass is 32.2. The molecule has 118 valence electrons. The Hall–Kier alpha value is -1.11. The maximum absolute atomic E-state index is 11.9. The Balaban J connectivity index is 1.74. The molecular formula is C15H23NO4S. The number of nitrogens with two attached hydrogens (primary N) is 1. The molecule has 1 aliphatic rings. The van der Waals surface area contributed by atoms with E-state index in [0.717, 1.165) is 24.8 Å². The predicted octanol–water partition coefficient (Wildman–Crippen LogP) is 1.16. The first-order valence-electron chi connectivity index (χ1n) is 7.33. The molecule has 6 heteroatoms. The van der Waals surface area contributed by atoms with Crippen LogP contribution in [0.3, 0.4) is 0 Å². The monoisotopic (exact) mass is 313 g/mol. The molecule has 0 spiro atoms. The van der Waals surface area contributed by atoms with Crippen molar-refractivity contribution in [1.29, 1.82) is 0 Å². The highest BCUT2D eigenvalue weighted by Gasteiger charge is 2.23. The van der Waals surface area contributed by atoms with E-state index < -0.39 is 9.84 Å². The number of benzene rings is 1. The van der Waals surface area contributed by atoms with Gasteiger partial charge < -0.3 is 15.2 Å². The van der Waals surface area contributed by atoms with Crippen molar-refractivity contribution >= 4 is 9.84 Å². The van der Waals surface area contributed by atoms with E-state index in [4.69, 9.17) is 15.2 Å². The second-order valence-corrected chi connectivity index (χ2v) is 7.51. The van der Waals surface area contributed by atoms with Crippen molar-refractivity contribution in [2.45, 2.75) is 25.4 Å². The topological polar surface area (TPSA) is 78.6 Å². The number of hydrogen-bond donors (Lipinski definition) is 1. The van der Waals surface area contributed by atoms with Crippen molar-refractivity contribution in [2.24, 2.45) is 5.73 Å². The summed E-state index contributed by atoms with van der Waals surface area (Å²) in [7, 11) is -3.12. The van der Waals surface area contributed by atoms with Crippen LogP contribution in [0.25, 0.3) is 0 Å². The van der Waals surface area contributed by atoms with Crippen LogP contribution in [0, 0.1) is 0 Å². The largest absolute Gasteiger partial charge is 0.493 e. The van der Waals surface area contributed by atoms with Crippen molar-refractivity contribution in [3.8, 4) is 5.75 Å². The summed E-state index contributed by atoms with van der Waals surface area (Å²) in [5.41, 5.74) is 6.63. The first-order valence-corrected chi connectivity index (χ1v) is 9.15. The average molecular weight is 313 g/mol. The van der Waals surface area contributed by atoms with Gasteiger partial charge in [0.25, 0.3) is 0 Å². The molecule has 0 aliphatic carbocycles. The fourth-order valence-electron chi connectivity index (χ4n) is 2.35. The number of hydrogen-bond acceptors (Lipinski definition) is 5. The lowest BCUT2D eigenvalue weighted by atomic mass is 10.1. The Labute approximate surface area is 126 Å². The van der Waals surface area contributed by atoms with E-state index in [9.17, 15) is 8.42 Å². The van der Waals surface area contributed by atoms with Gasteiger partial charge in [-0.15, -0.1) is 0 Å². The van der Waals surface area contributed by atoms with Gasteiger partial charge in [0.2, 0.25) is 0 Å². The average Bonchev–Trinajstić information content (AvgIpc) is 2.93. The molecule has 21 heavy (non-hydrogen) atoms. The van der Waals surface area contributed by atoms with Crippen molar-refractivity contribution in [3.63, 3.8) is 0 Å². The molecule has 2 rings (SSSR count). The number of rotatable bonds is 8. The minimum atomic E-state index is -3.12. The number of sulfone groups is 1. The minimum absolute atomic E-state index is 0.0252. The first kappa shape index (κ1) is 16.3. The summed E-state index contributed by atoms with van der Waals surface area (Å²) in [4.78, 5) is 0. The first-order chi connectivity index (χ1) is 10.1. The zero-order valence-electron chi connectivity index (χ0n) is 12.2. The standard InChI is InChI=1S/C15H23NO4S/c16-8-7-13-3-5-14(6-4-13)20-10-11-21(17,18)12-15-2-1-9-19-15/h3-6,15H,1-2,7-12,16H2. The Morgan fingerprint density at radius 3 is 2.67 bits per heavy atom. The third-order valence-corrected chi connectivity index (χ3v) is 5.15. The van der Waals surface area contributed by atoms with Crippen LogP contribution in [0.2, 0.25) is 0 Å². The molecule has 2 N–H and O–H groups in total. The van der Waals surface area contributed by atoms with Gasteiger partial charge in [0.1, 0.15) is 12.4 Å². The quantitative estimate of drug-likeness (QED) is 0.779. The van der Waals surface area contributed by atoms with Crippen LogP contribution in [0.1, 0.15) is 18.4 Å². The smallest absolute Gasteiger partial charge is 0.156 e. The summed E-state index contributed by atoms with van der Waals surface area (Å²) in [5, 5.41) is 0. The third kappa shape index (κ3) is 5.65. The molecule has 1 aromatic rings. The Morgan fingerprint density at radius 1 is 1.29 bits per heavy atom. The highest BCUT2D eigenvalue weighted by molar-refractivity contribution is 7.91. The second kappa shape index (κ2) is 7.77. The van der Waals surface area contributed by atoms with Crippen LogP contribution in [0.4, 0.5) is 0 Å². The maximum atomic E-state index is 11.9. The van der Waals surface area contributed by atoms with E-state index in [1.165, 1.54) is 0 Å². The molecule has 1 heterocycles. The van der Waals surface area contributed by atoms with E-state index >= 15 is 0 Å². The van der Waals surface area contributed by atoms with E-state index in [2.05, 4.69) is 0 Å². The summed E-state index contributed by atoms with van der Waals surface area (Å²) in [6.45, 7) is 1.46. The highest BCUT2D eigenvalue weighted by Crippen LogP contribution is 2.15. The molecule has 0 aromatic heterocycles. The minimum Gasteiger partial charge on any atom is -0.493 e. The van der Waals surface area contributed by atoms with Crippen molar-refractivity contribution in [1.82, 2.24) is 0 Å². The van der Waals surface area contributed by atoms with E-state index in [0.29, 0.717) is 18.9 Å². The van der Waals surface area contributed by atoms with Crippen LogP contribution < -0.4 is 10.5 Å². The molecule has 0 bridgehead atoms. The van der Waals surface area contributed by atoms with Crippen LogP contribution in [-0.4, -0.2) is 45.8 Å². The van der Waals surface area contributed by atoms with E-state index in [1.807, 2.05) is 24.3 Å². The molecule has 1 fully saturated rings. The fraction of sp³-hybridized carbons (Fsp3) is 0.600. The lowest BCUT2D eigenvalue weighted by Gasteiger charge is -2.11. The summed E-state index contributed by atoms with van der Waals surface area (Å²) < 4.78 is 34.7. The summed E-state index contributed by atoms with van der Waals surface area (Å²) in [5.74, 6) is 0.812. The van der Waals surface area contributed by atoms with Gasteiger partial charge in [0, 0.05) is 6.61 Å². The van der Waals surface area contributed by atoms with E-state index in [-0.39, 0.29) is 24.2 Å². The van der Waals surface area contributed by atoms with Gasteiger partial charge >= 0.3 is 0 Å². The van der Waals surface area contributed by atoms with Gasteiger partial charge in [-0.1, -0.05) is 12.1 Å². The second-order valence-electron chi connectivity index (χ2n) is 5.28. The van der Waals surface area contributed by atoms with Gasteiger partial charge in [0.05, 0.1) is 17.6 Å². The zero-order valence-corrected chi connectivity index (χ0v) is 13.0. The van der Waals surface area contributed by atoms with Gasteiger partial charge in [0.15, 0.2) is 9.84 Å². The van der Waals surface area contributed by atoms with Crippen LogP contribution >= 0.6 is 0 Å². The van der Waals surface area contributed by atoms with Crippen molar-refractivity contribution < 1.29 is 17.9 Å². The summed E-state index contributed by atoms with van der Waals surface area (Å²) >= 11 is 0. The molecule has 1 saturated heterocycles. The molecular weight excluding hydrogens is 290 g/mol. The molecule has 5 nitrogen and oxygen atoms in total. The van der Waals surface area contributed by atoms with E-state index in [1.54, 1.807) is 0 Å². The molecule has 1 aliphatic heterocycles. The summed E-state index contributed by atoms with van der Waals surface area (Å²) in [6, 6.07) is 7.58. The molecule has 1 aromatic carbocycles. The lowest BCUT2D eigenvalue weighted by Crippen LogP contribution is -2.25. The predicted molar refractivity (Wildman–Crippen MR) is 82.3 cm³/mol. The van der Waals surface area contributed by atoms with Gasteiger partial charge in [-0.05, 0) is 43.5 Å². The third-order valence-electron chi connectivity index (χ3n) is 3.48. The van der Waals surface area contributed by atoms with Crippen molar-refractivity contribution in [2.75, 3.05) is 31.3 Å². The normalized spacial score (nSPS) is 18.8.